The Balaban J connectivity index is 1.67. The van der Waals surface area contributed by atoms with Crippen molar-refractivity contribution in [3.05, 3.63) is 69.7 Å². The molecule has 1 N–H and O–H groups in total. The van der Waals surface area contributed by atoms with Crippen molar-refractivity contribution in [2.45, 2.75) is 12.0 Å². The molecular formula is C29H26Cl2N2O7. The van der Waals surface area contributed by atoms with E-state index in [2.05, 4.69) is 5.32 Å². The number of nitrogens with zero attached hydrogens (tertiary/aromatic N) is 1. The number of ether oxygens (including phenoxy) is 5. The van der Waals surface area contributed by atoms with Crippen LogP contribution in [0.4, 0.5) is 11.4 Å². The standard InChI is InChI=1S/C29H26Cl2N2O7/c1-36-23-12-25(38-3)20(10-18(23)30)32-28(35)29(17-9-16-7-5-6-8-22(16)40-15-17)14-27(34)33(29)21-11-19(31)24(37-2)13-26(21)39-4/h5-13H,14-15H2,1-4H3,(H,32,35). The van der Waals surface area contributed by atoms with Crippen LogP contribution in [0.3, 0.4) is 0 Å². The molecule has 9 nitrogen and oxygen atoms in total. The van der Waals surface area contributed by atoms with Gasteiger partial charge in [0, 0.05) is 23.3 Å². The highest BCUT2D eigenvalue weighted by Gasteiger charge is 2.61. The maximum Gasteiger partial charge on any atom is 0.255 e. The molecule has 0 saturated carbocycles. The van der Waals surface area contributed by atoms with E-state index in [0.717, 1.165) is 5.56 Å². The van der Waals surface area contributed by atoms with Crippen LogP contribution < -0.4 is 33.9 Å². The molecule has 0 aliphatic carbocycles. The van der Waals surface area contributed by atoms with Crippen LogP contribution in [0, 0.1) is 0 Å². The second-order valence-corrected chi connectivity index (χ2v) is 9.88. The number of methoxy groups -OCH3 is 4. The lowest BCUT2D eigenvalue weighted by Crippen LogP contribution is -2.71. The molecule has 1 unspecified atom stereocenters. The number of para-hydroxylation sites is 1. The summed E-state index contributed by atoms with van der Waals surface area (Å²) in [6, 6.07) is 13.7. The third kappa shape index (κ3) is 4.45. The summed E-state index contributed by atoms with van der Waals surface area (Å²) < 4.78 is 27.7. The van der Waals surface area contributed by atoms with E-state index in [4.69, 9.17) is 46.9 Å². The molecule has 1 saturated heterocycles. The first kappa shape index (κ1) is 27.5. The van der Waals surface area contributed by atoms with Crippen LogP contribution in [0.15, 0.2) is 54.1 Å². The molecule has 3 aromatic carbocycles. The van der Waals surface area contributed by atoms with E-state index < -0.39 is 11.4 Å². The summed E-state index contributed by atoms with van der Waals surface area (Å²) in [5.41, 5.74) is 0.456. The van der Waals surface area contributed by atoms with Gasteiger partial charge in [-0.15, -0.1) is 0 Å². The Morgan fingerprint density at radius 2 is 1.52 bits per heavy atom. The molecule has 2 aliphatic heterocycles. The number of rotatable bonds is 8. The number of nitrogens with one attached hydrogen (secondary N) is 1. The number of anilines is 2. The third-order valence-corrected chi connectivity index (χ3v) is 7.58. The molecule has 0 spiro atoms. The van der Waals surface area contributed by atoms with Crippen LogP contribution in [-0.4, -0.2) is 52.4 Å². The Morgan fingerprint density at radius 3 is 2.17 bits per heavy atom. The number of β-lactam (4-membered cyclic amide) rings is 1. The SMILES string of the molecule is COc1cc(OC)c(NC(=O)C2(C3=Cc4ccccc4OC3)CC(=O)N2c2cc(Cl)c(OC)cc2OC)cc1Cl. The van der Waals surface area contributed by atoms with Gasteiger partial charge >= 0.3 is 0 Å². The van der Waals surface area contributed by atoms with Gasteiger partial charge in [0.15, 0.2) is 5.54 Å². The summed E-state index contributed by atoms with van der Waals surface area (Å²) in [4.78, 5) is 29.1. The van der Waals surface area contributed by atoms with Crippen LogP contribution in [0.25, 0.3) is 6.08 Å². The number of amides is 2. The van der Waals surface area contributed by atoms with Crippen molar-refractivity contribution in [3.8, 4) is 28.7 Å². The first-order chi connectivity index (χ1) is 19.3. The molecule has 5 rings (SSSR count). The largest absolute Gasteiger partial charge is 0.495 e. The number of carbonyl (C=O) groups excluding carboxylic acids is 2. The predicted molar refractivity (Wildman–Crippen MR) is 152 cm³/mol. The van der Waals surface area contributed by atoms with E-state index in [-0.39, 0.29) is 29.0 Å². The van der Waals surface area contributed by atoms with Crippen LogP contribution >= 0.6 is 23.2 Å². The van der Waals surface area contributed by atoms with E-state index in [1.165, 1.54) is 39.4 Å². The lowest BCUT2D eigenvalue weighted by molar-refractivity contribution is -0.135. The quantitative estimate of drug-likeness (QED) is 0.343. The third-order valence-electron chi connectivity index (χ3n) is 6.99. The molecule has 1 atom stereocenters. The Labute approximate surface area is 241 Å². The highest BCUT2D eigenvalue weighted by atomic mass is 35.5. The van der Waals surface area contributed by atoms with Crippen molar-refractivity contribution in [2.75, 3.05) is 45.3 Å². The summed E-state index contributed by atoms with van der Waals surface area (Å²) in [6.07, 6.45) is 1.74. The van der Waals surface area contributed by atoms with Crippen molar-refractivity contribution in [2.24, 2.45) is 0 Å². The maximum atomic E-state index is 14.4. The van der Waals surface area contributed by atoms with E-state index in [9.17, 15) is 9.59 Å². The minimum Gasteiger partial charge on any atom is -0.495 e. The zero-order valence-corrected chi connectivity index (χ0v) is 23.7. The minimum absolute atomic E-state index is 0.0704. The fourth-order valence-corrected chi connectivity index (χ4v) is 5.46. The number of fused-ring (bicyclic) bond motifs is 1. The van der Waals surface area contributed by atoms with Gasteiger partial charge in [-0.3, -0.25) is 14.5 Å². The number of benzene rings is 3. The second-order valence-electron chi connectivity index (χ2n) is 9.06. The van der Waals surface area contributed by atoms with Crippen LogP contribution in [0.5, 0.6) is 28.7 Å². The Kier molecular flexibility index (Phi) is 7.44. The number of hydrogen-bond donors (Lipinski definition) is 1. The van der Waals surface area contributed by atoms with Gasteiger partial charge < -0.3 is 29.0 Å². The molecule has 208 valence electrons. The lowest BCUT2D eigenvalue weighted by atomic mass is 9.74. The summed E-state index contributed by atoms with van der Waals surface area (Å²) in [6.45, 7) is 0.0704. The average Bonchev–Trinajstić information content (AvgIpc) is 2.95. The van der Waals surface area contributed by atoms with Crippen molar-refractivity contribution < 1.29 is 33.3 Å². The van der Waals surface area contributed by atoms with Gasteiger partial charge in [-0.25, -0.2) is 0 Å². The molecule has 2 amide bonds. The number of carbonyl (C=O) groups is 2. The fourth-order valence-electron chi connectivity index (χ4n) is 4.98. The van der Waals surface area contributed by atoms with Crippen molar-refractivity contribution in [3.63, 3.8) is 0 Å². The molecule has 40 heavy (non-hydrogen) atoms. The second kappa shape index (κ2) is 10.8. The first-order valence-corrected chi connectivity index (χ1v) is 12.9. The minimum atomic E-state index is -1.49. The maximum absolute atomic E-state index is 14.4. The molecule has 11 heteroatoms. The van der Waals surface area contributed by atoms with Crippen molar-refractivity contribution >= 4 is 52.5 Å². The fraction of sp³-hybridized carbons (Fsp3) is 0.241. The van der Waals surface area contributed by atoms with Crippen LogP contribution in [-0.2, 0) is 9.59 Å². The molecule has 2 heterocycles. The van der Waals surface area contributed by atoms with Gasteiger partial charge in [-0.2, -0.15) is 0 Å². The molecule has 1 fully saturated rings. The Bertz CT molecular complexity index is 1540. The summed E-state index contributed by atoms with van der Waals surface area (Å²) in [5, 5.41) is 3.44. The van der Waals surface area contributed by atoms with E-state index >= 15 is 0 Å². The Hall–Kier alpha value is -4.08. The number of hydrogen-bond acceptors (Lipinski definition) is 7. The predicted octanol–water partition coefficient (Wildman–Crippen LogP) is 5.62. The highest BCUT2D eigenvalue weighted by molar-refractivity contribution is 6.33. The molecular weight excluding hydrogens is 559 g/mol. The average molecular weight is 585 g/mol. The van der Waals surface area contributed by atoms with Crippen molar-refractivity contribution in [1.82, 2.24) is 0 Å². The topological polar surface area (TPSA) is 95.6 Å². The van der Waals surface area contributed by atoms with Gasteiger partial charge in [-0.1, -0.05) is 41.4 Å². The van der Waals surface area contributed by atoms with Gasteiger partial charge in [-0.05, 0) is 24.3 Å². The zero-order chi connectivity index (χ0) is 28.6. The van der Waals surface area contributed by atoms with E-state index in [1.807, 2.05) is 30.3 Å². The van der Waals surface area contributed by atoms with Gasteiger partial charge in [0.1, 0.15) is 35.4 Å². The molecule has 0 aromatic heterocycles. The highest BCUT2D eigenvalue weighted by Crippen LogP contribution is 2.50. The van der Waals surface area contributed by atoms with E-state index in [0.29, 0.717) is 45.7 Å². The molecule has 0 radical (unpaired) electrons. The normalized spacial score (nSPS) is 17.6. The molecule has 0 bridgehead atoms. The van der Waals surface area contributed by atoms with Crippen molar-refractivity contribution in [1.29, 1.82) is 0 Å². The lowest BCUT2D eigenvalue weighted by Gasteiger charge is -2.52. The number of halogens is 2. The van der Waals surface area contributed by atoms with Gasteiger partial charge in [0.05, 0.1) is 56.3 Å². The van der Waals surface area contributed by atoms with E-state index in [1.54, 1.807) is 18.2 Å². The van der Waals surface area contributed by atoms with Gasteiger partial charge in [0.25, 0.3) is 5.91 Å². The summed E-state index contributed by atoms with van der Waals surface area (Å²) in [5.74, 6) is 1.22. The smallest absolute Gasteiger partial charge is 0.255 e. The van der Waals surface area contributed by atoms with Crippen LogP contribution in [0.1, 0.15) is 12.0 Å². The summed E-state index contributed by atoms with van der Waals surface area (Å²) in [7, 11) is 5.88. The summed E-state index contributed by atoms with van der Waals surface area (Å²) >= 11 is 12.8. The first-order valence-electron chi connectivity index (χ1n) is 12.2. The zero-order valence-electron chi connectivity index (χ0n) is 22.2. The van der Waals surface area contributed by atoms with Crippen LogP contribution in [0.2, 0.25) is 10.0 Å². The monoisotopic (exact) mass is 584 g/mol. The molecule has 2 aliphatic rings. The van der Waals surface area contributed by atoms with Gasteiger partial charge in [0.2, 0.25) is 5.91 Å². The Morgan fingerprint density at radius 1 is 0.900 bits per heavy atom. The molecule has 3 aromatic rings.